The van der Waals surface area contributed by atoms with Crippen molar-refractivity contribution in [3.63, 3.8) is 0 Å². The minimum absolute atomic E-state index is 0.220. The van der Waals surface area contributed by atoms with Crippen LogP contribution in [0.15, 0.2) is 0 Å². The number of ether oxygens (including phenoxy) is 1. The maximum Gasteiger partial charge on any atom is 0.0663 e. The van der Waals surface area contributed by atoms with Gasteiger partial charge >= 0.3 is 0 Å². The molecule has 3 unspecified atom stereocenters. The van der Waals surface area contributed by atoms with Crippen LogP contribution in [-0.2, 0) is 4.74 Å². The summed E-state index contributed by atoms with van der Waals surface area (Å²) in [6, 6.07) is 0.220. The molecule has 2 rings (SSSR count). The lowest BCUT2D eigenvalue weighted by Crippen LogP contribution is -2.28. The zero-order valence-electron chi connectivity index (χ0n) is 9.45. The van der Waals surface area contributed by atoms with Gasteiger partial charge in [0.25, 0.3) is 0 Å². The van der Waals surface area contributed by atoms with Crippen molar-refractivity contribution < 1.29 is 9.84 Å². The topological polar surface area (TPSA) is 55.5 Å². The minimum Gasteiger partial charge on any atom is -0.390 e. The van der Waals surface area contributed by atoms with E-state index >= 15 is 0 Å². The van der Waals surface area contributed by atoms with Crippen LogP contribution in [-0.4, -0.2) is 29.5 Å². The average molecular weight is 213 g/mol. The van der Waals surface area contributed by atoms with Crippen LogP contribution in [0.3, 0.4) is 0 Å². The molecule has 1 heterocycles. The van der Waals surface area contributed by atoms with Gasteiger partial charge in [-0.1, -0.05) is 0 Å². The molecule has 0 aromatic carbocycles. The van der Waals surface area contributed by atoms with Gasteiger partial charge in [-0.05, 0) is 51.4 Å². The Kier molecular flexibility index (Phi) is 3.65. The highest BCUT2D eigenvalue weighted by molar-refractivity contribution is 4.91. The van der Waals surface area contributed by atoms with E-state index in [0.717, 1.165) is 45.1 Å². The van der Waals surface area contributed by atoms with Crippen molar-refractivity contribution in [3.8, 4) is 0 Å². The fourth-order valence-corrected chi connectivity index (χ4v) is 2.90. The van der Waals surface area contributed by atoms with E-state index in [9.17, 15) is 5.11 Å². The quantitative estimate of drug-likeness (QED) is 0.745. The number of rotatable bonds is 4. The smallest absolute Gasteiger partial charge is 0.0663 e. The van der Waals surface area contributed by atoms with Crippen LogP contribution in [0.2, 0.25) is 0 Å². The van der Waals surface area contributed by atoms with Crippen molar-refractivity contribution in [1.29, 1.82) is 0 Å². The monoisotopic (exact) mass is 213 g/mol. The summed E-state index contributed by atoms with van der Waals surface area (Å²) in [5, 5.41) is 10.2. The van der Waals surface area contributed by atoms with Gasteiger partial charge in [0.15, 0.2) is 0 Å². The van der Waals surface area contributed by atoms with E-state index in [-0.39, 0.29) is 6.04 Å². The molecule has 1 saturated heterocycles. The first kappa shape index (κ1) is 11.4. The highest BCUT2D eigenvalue weighted by Crippen LogP contribution is 2.33. The van der Waals surface area contributed by atoms with Crippen LogP contribution < -0.4 is 5.73 Å². The van der Waals surface area contributed by atoms with Crippen LogP contribution in [0.4, 0.5) is 0 Å². The summed E-state index contributed by atoms with van der Waals surface area (Å²) in [7, 11) is 0. The van der Waals surface area contributed by atoms with Crippen LogP contribution in [0.25, 0.3) is 0 Å². The van der Waals surface area contributed by atoms with Crippen molar-refractivity contribution in [2.45, 2.75) is 69.1 Å². The van der Waals surface area contributed by atoms with E-state index in [0.29, 0.717) is 6.10 Å². The molecule has 1 aliphatic heterocycles. The lowest BCUT2D eigenvalue weighted by Gasteiger charge is -2.22. The van der Waals surface area contributed by atoms with Gasteiger partial charge in [0.1, 0.15) is 0 Å². The third-order valence-electron chi connectivity index (χ3n) is 3.81. The van der Waals surface area contributed by atoms with Gasteiger partial charge in [-0.15, -0.1) is 0 Å². The summed E-state index contributed by atoms with van der Waals surface area (Å²) >= 11 is 0. The highest BCUT2D eigenvalue weighted by Gasteiger charge is 2.35. The van der Waals surface area contributed by atoms with E-state index < -0.39 is 5.60 Å². The van der Waals surface area contributed by atoms with Crippen LogP contribution in [0.5, 0.6) is 0 Å². The Hall–Kier alpha value is -0.120. The summed E-state index contributed by atoms with van der Waals surface area (Å²) in [6.07, 6.45) is 8.63. The zero-order valence-corrected chi connectivity index (χ0v) is 9.45. The maximum atomic E-state index is 10.2. The van der Waals surface area contributed by atoms with Gasteiger partial charge in [-0.25, -0.2) is 0 Å². The summed E-state index contributed by atoms with van der Waals surface area (Å²) in [4.78, 5) is 0. The molecule has 0 radical (unpaired) electrons. The fourth-order valence-electron chi connectivity index (χ4n) is 2.90. The molecule has 2 aliphatic rings. The van der Waals surface area contributed by atoms with Crippen molar-refractivity contribution >= 4 is 0 Å². The molecule has 0 aromatic heterocycles. The van der Waals surface area contributed by atoms with E-state index in [2.05, 4.69) is 0 Å². The van der Waals surface area contributed by atoms with Gasteiger partial charge in [0.2, 0.25) is 0 Å². The molecule has 0 spiro atoms. The summed E-state index contributed by atoms with van der Waals surface area (Å²) in [5.74, 6) is 0. The van der Waals surface area contributed by atoms with E-state index in [1.54, 1.807) is 0 Å². The maximum absolute atomic E-state index is 10.2. The Morgan fingerprint density at radius 3 is 2.87 bits per heavy atom. The van der Waals surface area contributed by atoms with E-state index in [4.69, 9.17) is 10.5 Å². The van der Waals surface area contributed by atoms with Crippen molar-refractivity contribution in [2.24, 2.45) is 5.73 Å². The molecule has 3 heteroatoms. The van der Waals surface area contributed by atoms with Gasteiger partial charge in [-0.3, -0.25) is 0 Å². The molecule has 1 aliphatic carbocycles. The molecule has 0 amide bonds. The van der Waals surface area contributed by atoms with E-state index in [1.807, 2.05) is 0 Å². The minimum atomic E-state index is -0.460. The lowest BCUT2D eigenvalue weighted by molar-refractivity contribution is 0.0286. The zero-order chi connectivity index (χ0) is 10.7. The first-order valence-electron chi connectivity index (χ1n) is 6.27. The summed E-state index contributed by atoms with van der Waals surface area (Å²) in [6.45, 7) is 0.930. The number of hydrogen-bond donors (Lipinski definition) is 2. The highest BCUT2D eigenvalue weighted by atomic mass is 16.5. The van der Waals surface area contributed by atoms with Crippen LogP contribution >= 0.6 is 0 Å². The Labute approximate surface area is 92.0 Å². The van der Waals surface area contributed by atoms with Gasteiger partial charge < -0.3 is 15.6 Å². The first-order chi connectivity index (χ1) is 7.18. The molecule has 3 atom stereocenters. The average Bonchev–Trinajstić information content (AvgIpc) is 2.77. The second-order valence-electron chi connectivity index (χ2n) is 5.25. The lowest BCUT2D eigenvalue weighted by atomic mass is 9.93. The van der Waals surface area contributed by atoms with Crippen LogP contribution in [0.1, 0.15) is 51.4 Å². The van der Waals surface area contributed by atoms with Crippen LogP contribution in [0, 0.1) is 0 Å². The molecular formula is C12H23NO2. The number of nitrogens with two attached hydrogens (primary N) is 1. The molecule has 15 heavy (non-hydrogen) atoms. The van der Waals surface area contributed by atoms with Gasteiger partial charge in [0, 0.05) is 12.6 Å². The second-order valence-corrected chi connectivity index (χ2v) is 5.25. The summed E-state index contributed by atoms with van der Waals surface area (Å²) < 4.78 is 5.57. The van der Waals surface area contributed by atoms with Crippen molar-refractivity contribution in [3.05, 3.63) is 0 Å². The van der Waals surface area contributed by atoms with Gasteiger partial charge in [0.05, 0.1) is 11.7 Å². The normalized spacial score (nSPS) is 41.2. The standard InChI is InChI=1S/C12H23NO2/c13-10-5-7-12(14,9-10)6-1-3-11-4-2-8-15-11/h10-11,14H,1-9,13H2. The fraction of sp³-hybridized carbons (Fsp3) is 1.00. The Balaban J connectivity index is 1.64. The molecule has 0 aromatic rings. The number of aliphatic hydroxyl groups is 1. The molecular weight excluding hydrogens is 190 g/mol. The molecule has 2 fully saturated rings. The summed E-state index contributed by atoms with van der Waals surface area (Å²) in [5.41, 5.74) is 5.36. The Bertz CT molecular complexity index is 204. The van der Waals surface area contributed by atoms with E-state index in [1.165, 1.54) is 12.8 Å². The predicted molar refractivity (Wildman–Crippen MR) is 59.6 cm³/mol. The third-order valence-corrected chi connectivity index (χ3v) is 3.81. The Morgan fingerprint density at radius 2 is 2.27 bits per heavy atom. The van der Waals surface area contributed by atoms with Gasteiger partial charge in [-0.2, -0.15) is 0 Å². The van der Waals surface area contributed by atoms with Crippen molar-refractivity contribution in [2.75, 3.05) is 6.61 Å². The molecule has 0 bridgehead atoms. The molecule has 3 nitrogen and oxygen atoms in total. The largest absolute Gasteiger partial charge is 0.390 e. The Morgan fingerprint density at radius 1 is 1.40 bits per heavy atom. The predicted octanol–water partition coefficient (Wildman–Crippen LogP) is 1.58. The molecule has 3 N–H and O–H groups in total. The SMILES string of the molecule is NC1CCC(O)(CCCC2CCCO2)C1. The number of hydrogen-bond acceptors (Lipinski definition) is 3. The van der Waals surface area contributed by atoms with Crippen molar-refractivity contribution in [1.82, 2.24) is 0 Å². The molecule has 88 valence electrons. The second kappa shape index (κ2) is 4.81. The molecule has 1 saturated carbocycles. The third kappa shape index (κ3) is 3.16. The first-order valence-corrected chi connectivity index (χ1v) is 6.27.